The summed E-state index contributed by atoms with van der Waals surface area (Å²) in [5, 5.41) is 6.53. The number of hydrogen-bond acceptors (Lipinski definition) is 2. The number of nitrogens with one attached hydrogen (secondary N) is 2. The zero-order chi connectivity index (χ0) is 12.7. The van der Waals surface area contributed by atoms with E-state index in [1.807, 2.05) is 0 Å². The monoisotopic (exact) mass is 240 g/mol. The molecule has 0 aliphatic carbocycles. The highest BCUT2D eigenvalue weighted by Crippen LogP contribution is 2.12. The first-order valence-electron chi connectivity index (χ1n) is 7.14. The summed E-state index contributed by atoms with van der Waals surface area (Å²) in [5.41, 5.74) is 0. The van der Waals surface area contributed by atoms with Gasteiger partial charge in [0.2, 0.25) is 5.91 Å². The Balaban J connectivity index is 2.18. The molecule has 3 nitrogen and oxygen atoms in total. The summed E-state index contributed by atoms with van der Waals surface area (Å²) in [6.45, 7) is 7.62. The summed E-state index contributed by atoms with van der Waals surface area (Å²) in [6, 6.07) is 0.709. The predicted octanol–water partition coefficient (Wildman–Crippen LogP) is 2.46. The third-order valence-corrected chi connectivity index (χ3v) is 3.70. The van der Waals surface area contributed by atoms with Crippen LogP contribution in [0, 0.1) is 5.92 Å². The summed E-state index contributed by atoms with van der Waals surface area (Å²) in [6.07, 6.45) is 6.57. The smallest absolute Gasteiger partial charge is 0.221 e. The molecule has 1 aliphatic rings. The Labute approximate surface area is 106 Å². The van der Waals surface area contributed by atoms with E-state index in [1.54, 1.807) is 0 Å². The molecule has 1 saturated heterocycles. The van der Waals surface area contributed by atoms with Gasteiger partial charge in [0.1, 0.15) is 0 Å². The zero-order valence-corrected chi connectivity index (χ0v) is 11.6. The second kappa shape index (κ2) is 7.70. The lowest BCUT2D eigenvalue weighted by Gasteiger charge is -2.24. The summed E-state index contributed by atoms with van der Waals surface area (Å²) >= 11 is 0. The van der Waals surface area contributed by atoms with Crippen LogP contribution in [0.4, 0.5) is 0 Å². The molecule has 100 valence electrons. The standard InChI is InChI=1S/C14H28N2O/c1-4-11(2)9-12(3)16-14(17)10-13-7-5-6-8-15-13/h11-13,15H,4-10H2,1-3H3,(H,16,17). The highest BCUT2D eigenvalue weighted by Gasteiger charge is 2.17. The maximum absolute atomic E-state index is 11.8. The van der Waals surface area contributed by atoms with Gasteiger partial charge in [0, 0.05) is 18.5 Å². The molecule has 1 aliphatic heterocycles. The molecule has 1 heterocycles. The minimum absolute atomic E-state index is 0.209. The van der Waals surface area contributed by atoms with Crippen molar-refractivity contribution in [1.82, 2.24) is 10.6 Å². The van der Waals surface area contributed by atoms with Crippen molar-refractivity contribution in [2.24, 2.45) is 5.92 Å². The second-order valence-corrected chi connectivity index (χ2v) is 5.57. The van der Waals surface area contributed by atoms with E-state index in [2.05, 4.69) is 31.4 Å². The van der Waals surface area contributed by atoms with Crippen LogP contribution < -0.4 is 10.6 Å². The van der Waals surface area contributed by atoms with E-state index in [4.69, 9.17) is 0 Å². The first-order valence-corrected chi connectivity index (χ1v) is 7.14. The van der Waals surface area contributed by atoms with E-state index in [1.165, 1.54) is 19.3 Å². The van der Waals surface area contributed by atoms with E-state index in [0.29, 0.717) is 24.4 Å². The van der Waals surface area contributed by atoms with Crippen LogP contribution in [0.5, 0.6) is 0 Å². The fraction of sp³-hybridized carbons (Fsp3) is 0.929. The van der Waals surface area contributed by atoms with E-state index in [0.717, 1.165) is 19.4 Å². The predicted molar refractivity (Wildman–Crippen MR) is 71.9 cm³/mol. The van der Waals surface area contributed by atoms with Crippen molar-refractivity contribution in [3.63, 3.8) is 0 Å². The molecule has 1 fully saturated rings. The average molecular weight is 240 g/mol. The quantitative estimate of drug-likeness (QED) is 0.749. The van der Waals surface area contributed by atoms with E-state index >= 15 is 0 Å². The topological polar surface area (TPSA) is 41.1 Å². The molecule has 2 N–H and O–H groups in total. The van der Waals surface area contributed by atoms with Crippen LogP contribution in [0.3, 0.4) is 0 Å². The molecule has 0 saturated carbocycles. The lowest BCUT2D eigenvalue weighted by Crippen LogP contribution is -2.41. The molecule has 0 bridgehead atoms. The van der Waals surface area contributed by atoms with Gasteiger partial charge in [-0.2, -0.15) is 0 Å². The number of piperidine rings is 1. The van der Waals surface area contributed by atoms with Crippen molar-refractivity contribution in [2.45, 2.75) is 71.4 Å². The van der Waals surface area contributed by atoms with E-state index < -0.39 is 0 Å². The molecule has 3 atom stereocenters. The molecule has 3 unspecified atom stereocenters. The zero-order valence-electron chi connectivity index (χ0n) is 11.6. The first-order chi connectivity index (χ1) is 8.11. The molecule has 0 aromatic carbocycles. The Hall–Kier alpha value is -0.570. The maximum atomic E-state index is 11.8. The van der Waals surface area contributed by atoms with Crippen LogP contribution in [-0.2, 0) is 4.79 Å². The van der Waals surface area contributed by atoms with Gasteiger partial charge in [-0.1, -0.05) is 26.7 Å². The molecule has 0 radical (unpaired) electrons. The molecule has 3 heteroatoms. The van der Waals surface area contributed by atoms with Crippen molar-refractivity contribution in [1.29, 1.82) is 0 Å². The third-order valence-electron chi connectivity index (χ3n) is 3.70. The summed E-state index contributed by atoms with van der Waals surface area (Å²) in [7, 11) is 0. The minimum Gasteiger partial charge on any atom is -0.354 e. The molecule has 1 rings (SSSR count). The van der Waals surface area contributed by atoms with Gasteiger partial charge >= 0.3 is 0 Å². The Morgan fingerprint density at radius 3 is 2.76 bits per heavy atom. The lowest BCUT2D eigenvalue weighted by molar-refractivity contribution is -0.122. The van der Waals surface area contributed by atoms with Crippen LogP contribution in [0.25, 0.3) is 0 Å². The molecule has 0 aromatic heterocycles. The SMILES string of the molecule is CCC(C)CC(C)NC(=O)CC1CCCCN1. The Morgan fingerprint density at radius 2 is 2.18 bits per heavy atom. The molecule has 17 heavy (non-hydrogen) atoms. The summed E-state index contributed by atoms with van der Waals surface area (Å²) in [4.78, 5) is 11.8. The highest BCUT2D eigenvalue weighted by molar-refractivity contribution is 5.76. The van der Waals surface area contributed by atoms with Crippen LogP contribution in [0.2, 0.25) is 0 Å². The van der Waals surface area contributed by atoms with Crippen molar-refractivity contribution in [3.05, 3.63) is 0 Å². The lowest BCUT2D eigenvalue weighted by atomic mass is 9.99. The number of carbonyl (C=O) groups is 1. The second-order valence-electron chi connectivity index (χ2n) is 5.57. The number of hydrogen-bond donors (Lipinski definition) is 2. The number of carbonyl (C=O) groups excluding carboxylic acids is 1. The average Bonchev–Trinajstić information content (AvgIpc) is 2.29. The summed E-state index contributed by atoms with van der Waals surface area (Å²) < 4.78 is 0. The highest BCUT2D eigenvalue weighted by atomic mass is 16.1. The van der Waals surface area contributed by atoms with E-state index in [-0.39, 0.29) is 5.91 Å². The molecule has 0 spiro atoms. The van der Waals surface area contributed by atoms with Crippen molar-refractivity contribution in [2.75, 3.05) is 6.54 Å². The molecular weight excluding hydrogens is 212 g/mol. The van der Waals surface area contributed by atoms with E-state index in [9.17, 15) is 4.79 Å². The van der Waals surface area contributed by atoms with Crippen molar-refractivity contribution < 1.29 is 4.79 Å². The van der Waals surface area contributed by atoms with Crippen molar-refractivity contribution >= 4 is 5.91 Å². The third kappa shape index (κ3) is 6.06. The van der Waals surface area contributed by atoms with Crippen LogP contribution in [0.1, 0.15) is 59.3 Å². The normalized spacial score (nSPS) is 24.1. The van der Waals surface area contributed by atoms with Crippen LogP contribution in [-0.4, -0.2) is 24.5 Å². The van der Waals surface area contributed by atoms with Gasteiger partial charge in [0.15, 0.2) is 0 Å². The number of rotatable bonds is 6. The molecular formula is C14H28N2O. The molecule has 0 aromatic rings. The maximum Gasteiger partial charge on any atom is 0.221 e. The van der Waals surface area contributed by atoms with Crippen LogP contribution >= 0.6 is 0 Å². The fourth-order valence-electron chi connectivity index (χ4n) is 2.48. The largest absolute Gasteiger partial charge is 0.354 e. The Bertz CT molecular complexity index is 224. The van der Waals surface area contributed by atoms with Crippen molar-refractivity contribution in [3.8, 4) is 0 Å². The van der Waals surface area contributed by atoms with Gasteiger partial charge in [-0.15, -0.1) is 0 Å². The van der Waals surface area contributed by atoms with Gasteiger partial charge in [-0.3, -0.25) is 4.79 Å². The first kappa shape index (κ1) is 14.5. The van der Waals surface area contributed by atoms with Gasteiger partial charge in [-0.05, 0) is 38.6 Å². The number of amides is 1. The van der Waals surface area contributed by atoms with Gasteiger partial charge < -0.3 is 10.6 Å². The summed E-state index contributed by atoms with van der Waals surface area (Å²) in [5.74, 6) is 0.901. The molecule has 1 amide bonds. The van der Waals surface area contributed by atoms with Gasteiger partial charge in [-0.25, -0.2) is 0 Å². The fourth-order valence-corrected chi connectivity index (χ4v) is 2.48. The minimum atomic E-state index is 0.209. The Morgan fingerprint density at radius 1 is 1.41 bits per heavy atom. The van der Waals surface area contributed by atoms with Crippen LogP contribution in [0.15, 0.2) is 0 Å². The van der Waals surface area contributed by atoms with Gasteiger partial charge in [0.25, 0.3) is 0 Å². The van der Waals surface area contributed by atoms with Gasteiger partial charge in [0.05, 0.1) is 0 Å². The Kier molecular flexibility index (Phi) is 6.56.